The largest absolute Gasteiger partial charge is 0.383 e. The van der Waals surface area contributed by atoms with Crippen molar-refractivity contribution < 1.29 is 9.59 Å². The van der Waals surface area contributed by atoms with Crippen LogP contribution in [0.3, 0.4) is 0 Å². The van der Waals surface area contributed by atoms with Crippen molar-refractivity contribution in [2.75, 3.05) is 24.1 Å². The van der Waals surface area contributed by atoms with Crippen LogP contribution in [0.1, 0.15) is 42.9 Å². The van der Waals surface area contributed by atoms with Crippen LogP contribution in [0.4, 0.5) is 11.5 Å². The Labute approximate surface area is 215 Å². The number of aryl methyl sites for hydroxylation is 3. The maximum absolute atomic E-state index is 13.4. The summed E-state index contributed by atoms with van der Waals surface area (Å²) in [6.45, 7) is 9.25. The number of likely N-dealkylation sites (tertiary alicyclic amines) is 1. The zero-order chi connectivity index (χ0) is 26.0. The van der Waals surface area contributed by atoms with Crippen molar-refractivity contribution >= 4 is 56.0 Å². The number of benzene rings is 2. The highest BCUT2D eigenvalue weighted by Gasteiger charge is 2.33. The Kier molecular flexibility index (Phi) is 5.44. The molecule has 0 spiro atoms. The van der Waals surface area contributed by atoms with E-state index < -0.39 is 0 Å². The van der Waals surface area contributed by atoms with Crippen molar-refractivity contribution in [2.24, 2.45) is 13.0 Å². The van der Waals surface area contributed by atoms with Crippen LogP contribution >= 0.6 is 0 Å². The fourth-order valence-electron chi connectivity index (χ4n) is 6.41. The van der Waals surface area contributed by atoms with Gasteiger partial charge in [-0.25, -0.2) is 9.97 Å². The molecule has 0 bridgehead atoms. The molecule has 8 nitrogen and oxygen atoms in total. The van der Waals surface area contributed by atoms with Crippen LogP contribution in [0, 0.1) is 12.8 Å². The third-order valence-corrected chi connectivity index (χ3v) is 8.17. The smallest absolute Gasteiger partial charge is 0.250 e. The number of carbonyl (C=O) groups is 2. The minimum absolute atomic E-state index is 0.0520. The standard InChI is InChI=1S/C29H32N6O2/c1-15(2)28(36)33-18-11-16(3)22-21(13-18)20-12-17(29(37)35-9-5-6-10-35)7-8-19(20)23-24-26(30)31-14-32-27(24)34(4)25(22)23/h11,13-14,17H,1,5-10,12H2,2-4H3,(H,33,36)(H2,30,31,32)/t17-/m1/s1. The average Bonchev–Trinajstić information content (AvgIpc) is 3.51. The summed E-state index contributed by atoms with van der Waals surface area (Å²) in [5.41, 5.74) is 12.9. The Bertz CT molecular complexity index is 1640. The Morgan fingerprint density at radius 2 is 1.86 bits per heavy atom. The molecule has 1 fully saturated rings. The van der Waals surface area contributed by atoms with Gasteiger partial charge in [-0.2, -0.15) is 0 Å². The summed E-state index contributed by atoms with van der Waals surface area (Å²) >= 11 is 0. The van der Waals surface area contributed by atoms with Gasteiger partial charge in [-0.3, -0.25) is 9.59 Å². The van der Waals surface area contributed by atoms with Crippen molar-refractivity contribution in [2.45, 2.75) is 46.0 Å². The molecule has 1 saturated heterocycles. The lowest BCUT2D eigenvalue weighted by molar-refractivity contribution is -0.134. The topological polar surface area (TPSA) is 106 Å². The van der Waals surface area contributed by atoms with Gasteiger partial charge in [-0.05, 0) is 80.2 Å². The molecule has 3 N–H and O–H groups in total. The Morgan fingerprint density at radius 1 is 1.11 bits per heavy atom. The average molecular weight is 497 g/mol. The number of nitrogens with zero attached hydrogens (tertiary/aromatic N) is 4. The molecule has 3 heterocycles. The van der Waals surface area contributed by atoms with Crippen molar-refractivity contribution in [3.63, 3.8) is 0 Å². The summed E-state index contributed by atoms with van der Waals surface area (Å²) in [6.07, 6.45) is 5.92. The number of nitrogen functional groups attached to an aromatic ring is 1. The highest BCUT2D eigenvalue weighted by molar-refractivity contribution is 6.23. The molecule has 2 aromatic heterocycles. The number of anilines is 2. The van der Waals surface area contributed by atoms with E-state index in [9.17, 15) is 9.59 Å². The van der Waals surface area contributed by atoms with Crippen LogP contribution in [0.25, 0.3) is 32.7 Å². The molecule has 1 atom stereocenters. The van der Waals surface area contributed by atoms with Gasteiger partial charge in [0.15, 0.2) is 0 Å². The van der Waals surface area contributed by atoms with Gasteiger partial charge >= 0.3 is 0 Å². The first-order valence-corrected chi connectivity index (χ1v) is 13.0. The maximum atomic E-state index is 13.4. The molecule has 0 saturated carbocycles. The molecule has 0 radical (unpaired) electrons. The molecule has 190 valence electrons. The predicted molar refractivity (Wildman–Crippen MR) is 147 cm³/mol. The van der Waals surface area contributed by atoms with E-state index in [1.807, 2.05) is 18.0 Å². The Balaban J connectivity index is 1.64. The van der Waals surface area contributed by atoms with Crippen molar-refractivity contribution in [1.82, 2.24) is 19.4 Å². The number of amides is 2. The zero-order valence-electron chi connectivity index (χ0n) is 21.6. The second-order valence-electron chi connectivity index (χ2n) is 10.6. The third-order valence-electron chi connectivity index (χ3n) is 8.17. The molecule has 37 heavy (non-hydrogen) atoms. The number of hydrogen-bond acceptors (Lipinski definition) is 5. The number of carbonyl (C=O) groups excluding carboxylic acids is 2. The van der Waals surface area contributed by atoms with E-state index in [4.69, 9.17) is 5.73 Å². The second-order valence-corrected chi connectivity index (χ2v) is 10.6. The molecule has 2 aromatic carbocycles. The van der Waals surface area contributed by atoms with Gasteiger partial charge in [0.05, 0.1) is 10.9 Å². The minimum Gasteiger partial charge on any atom is -0.383 e. The van der Waals surface area contributed by atoms with E-state index in [-0.39, 0.29) is 17.7 Å². The van der Waals surface area contributed by atoms with Crippen LogP contribution in [-0.2, 0) is 29.5 Å². The first kappa shape index (κ1) is 23.5. The Hall–Kier alpha value is -3.94. The highest BCUT2D eigenvalue weighted by atomic mass is 16.2. The molecular formula is C29H32N6O2. The van der Waals surface area contributed by atoms with Gasteiger partial charge in [0.25, 0.3) is 5.91 Å². The fraction of sp³-hybridized carbons (Fsp3) is 0.379. The summed E-state index contributed by atoms with van der Waals surface area (Å²) < 4.78 is 2.10. The third kappa shape index (κ3) is 3.57. The molecule has 6 rings (SSSR count). The van der Waals surface area contributed by atoms with E-state index in [1.54, 1.807) is 6.92 Å². The number of fused-ring (bicyclic) bond motifs is 8. The zero-order valence-corrected chi connectivity index (χ0v) is 21.6. The molecule has 1 aliphatic carbocycles. The van der Waals surface area contributed by atoms with Gasteiger partial charge in [0.1, 0.15) is 17.8 Å². The van der Waals surface area contributed by atoms with Crippen molar-refractivity contribution in [1.29, 1.82) is 0 Å². The lowest BCUT2D eigenvalue weighted by Gasteiger charge is -2.30. The predicted octanol–water partition coefficient (Wildman–Crippen LogP) is 4.41. The van der Waals surface area contributed by atoms with Gasteiger partial charge in [0, 0.05) is 48.1 Å². The summed E-state index contributed by atoms with van der Waals surface area (Å²) in [7, 11) is 2.02. The molecule has 2 amide bonds. The molecule has 0 unspecified atom stereocenters. The van der Waals surface area contributed by atoms with Crippen LogP contribution in [0.15, 0.2) is 30.6 Å². The molecule has 1 aliphatic heterocycles. The van der Waals surface area contributed by atoms with E-state index in [0.29, 0.717) is 17.8 Å². The summed E-state index contributed by atoms with van der Waals surface area (Å²) in [5, 5.41) is 7.12. The molecule has 4 aromatic rings. The molecular weight excluding hydrogens is 464 g/mol. The minimum atomic E-state index is -0.205. The first-order chi connectivity index (χ1) is 17.8. The number of nitrogens with two attached hydrogens (primary N) is 1. The van der Waals surface area contributed by atoms with Crippen LogP contribution in [0.5, 0.6) is 0 Å². The van der Waals surface area contributed by atoms with E-state index in [0.717, 1.165) is 88.3 Å². The quantitative estimate of drug-likeness (QED) is 0.409. The van der Waals surface area contributed by atoms with Gasteiger partial charge < -0.3 is 20.5 Å². The number of hydrogen-bond donors (Lipinski definition) is 2. The number of nitrogens with one attached hydrogen (secondary N) is 1. The van der Waals surface area contributed by atoms with Crippen LogP contribution in [0.2, 0.25) is 0 Å². The maximum Gasteiger partial charge on any atom is 0.250 e. The number of rotatable bonds is 3. The van der Waals surface area contributed by atoms with Gasteiger partial charge in [-0.1, -0.05) is 6.58 Å². The van der Waals surface area contributed by atoms with E-state index in [2.05, 4.69) is 39.4 Å². The highest BCUT2D eigenvalue weighted by Crippen LogP contribution is 2.45. The van der Waals surface area contributed by atoms with Crippen molar-refractivity contribution in [3.8, 4) is 0 Å². The SMILES string of the molecule is C=C(C)C(=O)Nc1cc(C)c2c(c1)c1c(c3c4c(N)ncnc4n(C)c23)CC[C@@H](C(=O)N2CCCC2)C1. The monoisotopic (exact) mass is 496 g/mol. The van der Waals surface area contributed by atoms with Gasteiger partial charge in [-0.15, -0.1) is 0 Å². The summed E-state index contributed by atoms with van der Waals surface area (Å²) in [4.78, 5) is 36.8. The van der Waals surface area contributed by atoms with Crippen LogP contribution in [-0.4, -0.2) is 44.3 Å². The molecule has 2 aliphatic rings. The Morgan fingerprint density at radius 3 is 2.59 bits per heavy atom. The normalized spacial score (nSPS) is 17.5. The van der Waals surface area contributed by atoms with E-state index in [1.165, 1.54) is 11.9 Å². The second kappa shape index (κ2) is 8.57. The van der Waals surface area contributed by atoms with Crippen molar-refractivity contribution in [3.05, 3.63) is 47.3 Å². The number of aromatic nitrogens is 3. The lowest BCUT2D eigenvalue weighted by Crippen LogP contribution is -2.36. The fourth-order valence-corrected chi connectivity index (χ4v) is 6.41. The van der Waals surface area contributed by atoms with E-state index >= 15 is 0 Å². The lowest BCUT2D eigenvalue weighted by atomic mass is 9.78. The summed E-state index contributed by atoms with van der Waals surface area (Å²) in [5.74, 6) is 0.475. The van der Waals surface area contributed by atoms with Gasteiger partial charge in [0.2, 0.25) is 5.91 Å². The molecule has 8 heteroatoms. The first-order valence-electron chi connectivity index (χ1n) is 13.0. The van der Waals surface area contributed by atoms with Crippen LogP contribution < -0.4 is 11.1 Å². The summed E-state index contributed by atoms with van der Waals surface area (Å²) in [6, 6.07) is 4.05.